The van der Waals surface area contributed by atoms with Crippen LogP contribution in [-0.4, -0.2) is 19.3 Å². The highest BCUT2D eigenvalue weighted by atomic mass is 15.0. The van der Waals surface area contributed by atoms with E-state index in [1.165, 1.54) is 5.56 Å². The zero-order valence-corrected chi connectivity index (χ0v) is 9.61. The number of benzene rings is 1. The molecule has 1 rings (SSSR count). The van der Waals surface area contributed by atoms with Crippen molar-refractivity contribution in [3.63, 3.8) is 0 Å². The van der Waals surface area contributed by atoms with Gasteiger partial charge in [0.2, 0.25) is 0 Å². The van der Waals surface area contributed by atoms with Gasteiger partial charge in [0.1, 0.15) is 0 Å². The number of nitrogens with zero attached hydrogens (tertiary/aromatic N) is 1. The third-order valence-electron chi connectivity index (χ3n) is 2.24. The summed E-state index contributed by atoms with van der Waals surface area (Å²) in [5.41, 5.74) is 7.92. The molecule has 0 aromatic heterocycles. The Morgan fingerprint density at radius 2 is 1.73 bits per heavy atom. The average molecular weight is 202 g/mol. The van der Waals surface area contributed by atoms with E-state index in [0.29, 0.717) is 12.5 Å². The molecule has 0 aliphatic carbocycles. The van der Waals surface area contributed by atoms with E-state index in [1.54, 1.807) is 0 Å². The van der Waals surface area contributed by atoms with Gasteiger partial charge >= 0.3 is 0 Å². The van der Waals surface area contributed by atoms with E-state index >= 15 is 0 Å². The number of rotatable bonds is 5. The summed E-state index contributed by atoms with van der Waals surface area (Å²) in [6.45, 7) is 6.63. The molecular weight excluding hydrogens is 183 g/mol. The van der Waals surface area contributed by atoms with Crippen LogP contribution < -0.4 is 5.73 Å². The highest BCUT2D eigenvalue weighted by Crippen LogP contribution is 2.07. The van der Waals surface area contributed by atoms with Crippen LogP contribution in [0, 0.1) is 5.92 Å². The summed E-state index contributed by atoms with van der Waals surface area (Å²) in [5.74, 6) is 0.596. The second-order valence-corrected chi connectivity index (χ2v) is 4.34. The second-order valence-electron chi connectivity index (χ2n) is 4.34. The molecule has 2 nitrogen and oxygen atoms in total. The van der Waals surface area contributed by atoms with E-state index in [0.717, 1.165) is 18.7 Å². The predicted octanol–water partition coefficient (Wildman–Crippen LogP) is 1.69. The third-order valence-corrected chi connectivity index (χ3v) is 2.24. The average Bonchev–Trinajstić information content (AvgIpc) is 2.17. The van der Waals surface area contributed by atoms with Gasteiger partial charge < -0.3 is 10.5 Å². The summed E-state index contributed by atoms with van der Waals surface area (Å²) in [7, 11) is 5.89. The molecule has 0 saturated carbocycles. The Balaban J connectivity index is 2.49. The van der Waals surface area contributed by atoms with Crippen molar-refractivity contribution in [3.05, 3.63) is 35.4 Å². The fourth-order valence-electron chi connectivity index (χ4n) is 1.55. The van der Waals surface area contributed by atoms with Gasteiger partial charge in [-0.3, -0.25) is 0 Å². The van der Waals surface area contributed by atoms with Crippen molar-refractivity contribution in [2.75, 3.05) is 6.54 Å². The molecule has 15 heavy (non-hydrogen) atoms. The Morgan fingerprint density at radius 3 is 2.20 bits per heavy atom. The quantitative estimate of drug-likeness (QED) is 0.736. The monoisotopic (exact) mass is 202 g/mol. The Hall–Kier alpha value is -0.795. The van der Waals surface area contributed by atoms with Crippen LogP contribution in [0.15, 0.2) is 24.3 Å². The molecule has 0 spiro atoms. The standard InChI is InChI=1S/C12H19BN2/c1-10(2)8-15(13)9-12-5-3-11(7-14)4-6-12/h3-6,10H,7-9,14H2,1-2H3. The van der Waals surface area contributed by atoms with Gasteiger partial charge in [0.15, 0.2) is 7.98 Å². The summed E-state index contributed by atoms with van der Waals surface area (Å²) in [5, 5.41) is 0. The minimum Gasteiger partial charge on any atom is -0.350 e. The van der Waals surface area contributed by atoms with E-state index in [-0.39, 0.29) is 0 Å². The lowest BCUT2D eigenvalue weighted by Crippen LogP contribution is -2.24. The first-order valence-corrected chi connectivity index (χ1v) is 5.39. The zero-order valence-electron chi connectivity index (χ0n) is 9.61. The molecule has 0 aliphatic rings. The molecule has 3 heteroatoms. The Bertz CT molecular complexity index is 282. The largest absolute Gasteiger partial charge is 0.350 e. The smallest absolute Gasteiger partial charge is 0.182 e. The van der Waals surface area contributed by atoms with Crippen LogP contribution >= 0.6 is 0 Å². The van der Waals surface area contributed by atoms with Gasteiger partial charge in [0, 0.05) is 13.1 Å². The van der Waals surface area contributed by atoms with Gasteiger partial charge in [-0.15, -0.1) is 0 Å². The van der Waals surface area contributed by atoms with Crippen molar-refractivity contribution < 1.29 is 0 Å². The van der Waals surface area contributed by atoms with Crippen molar-refractivity contribution in [1.29, 1.82) is 0 Å². The SMILES string of the molecule is [B]N(Cc1ccc(CN)cc1)CC(C)C. The van der Waals surface area contributed by atoms with Gasteiger partial charge in [-0.1, -0.05) is 38.1 Å². The molecular formula is C12H19BN2. The molecule has 0 saturated heterocycles. The van der Waals surface area contributed by atoms with E-state index in [4.69, 9.17) is 13.7 Å². The number of hydrogen-bond donors (Lipinski definition) is 1. The van der Waals surface area contributed by atoms with Crippen molar-refractivity contribution in [2.24, 2.45) is 11.7 Å². The molecule has 0 bridgehead atoms. The molecule has 2 N–H and O–H groups in total. The molecule has 2 radical (unpaired) electrons. The van der Waals surface area contributed by atoms with Gasteiger partial charge in [0.25, 0.3) is 0 Å². The van der Waals surface area contributed by atoms with E-state index in [2.05, 4.69) is 38.1 Å². The van der Waals surface area contributed by atoms with Crippen molar-refractivity contribution in [1.82, 2.24) is 4.81 Å². The Labute approximate surface area is 93.9 Å². The number of nitrogens with two attached hydrogens (primary N) is 1. The summed E-state index contributed by atoms with van der Waals surface area (Å²) >= 11 is 0. The lowest BCUT2D eigenvalue weighted by atomic mass is 10.1. The van der Waals surface area contributed by atoms with Gasteiger partial charge in [-0.25, -0.2) is 0 Å². The molecule has 1 aromatic rings. The molecule has 80 valence electrons. The summed E-state index contributed by atoms with van der Waals surface area (Å²) < 4.78 is 0. The topological polar surface area (TPSA) is 29.3 Å². The maximum Gasteiger partial charge on any atom is 0.182 e. The van der Waals surface area contributed by atoms with Crippen LogP contribution in [0.4, 0.5) is 0 Å². The summed E-state index contributed by atoms with van der Waals surface area (Å²) in [4.78, 5) is 1.85. The van der Waals surface area contributed by atoms with E-state index < -0.39 is 0 Å². The fraction of sp³-hybridized carbons (Fsp3) is 0.500. The lowest BCUT2D eigenvalue weighted by molar-refractivity contribution is 0.387. The van der Waals surface area contributed by atoms with Crippen LogP contribution in [0.25, 0.3) is 0 Å². The first-order chi connectivity index (χ1) is 7.11. The minimum absolute atomic E-state index is 0.596. The summed E-state index contributed by atoms with van der Waals surface area (Å²) in [6, 6.07) is 8.28. The molecule has 0 atom stereocenters. The predicted molar refractivity (Wildman–Crippen MR) is 65.3 cm³/mol. The molecule has 0 heterocycles. The molecule has 0 fully saturated rings. The maximum absolute atomic E-state index is 5.89. The minimum atomic E-state index is 0.596. The maximum atomic E-state index is 5.89. The third kappa shape index (κ3) is 4.49. The zero-order chi connectivity index (χ0) is 11.3. The number of hydrogen-bond acceptors (Lipinski definition) is 2. The second kappa shape index (κ2) is 5.94. The lowest BCUT2D eigenvalue weighted by Gasteiger charge is -2.19. The molecule has 0 aliphatic heterocycles. The van der Waals surface area contributed by atoms with E-state index in [9.17, 15) is 0 Å². The van der Waals surface area contributed by atoms with Crippen molar-refractivity contribution >= 4 is 7.98 Å². The molecule has 1 aromatic carbocycles. The van der Waals surface area contributed by atoms with Crippen LogP contribution in [0.2, 0.25) is 0 Å². The first kappa shape index (κ1) is 12.3. The fourth-order valence-corrected chi connectivity index (χ4v) is 1.55. The summed E-state index contributed by atoms with van der Waals surface area (Å²) in [6.07, 6.45) is 0. The van der Waals surface area contributed by atoms with Crippen LogP contribution in [-0.2, 0) is 13.1 Å². The van der Waals surface area contributed by atoms with Crippen LogP contribution in [0.5, 0.6) is 0 Å². The highest BCUT2D eigenvalue weighted by molar-refractivity contribution is 6.04. The van der Waals surface area contributed by atoms with E-state index in [1.807, 2.05) is 4.81 Å². The Morgan fingerprint density at radius 1 is 1.20 bits per heavy atom. The first-order valence-electron chi connectivity index (χ1n) is 5.39. The van der Waals surface area contributed by atoms with Crippen molar-refractivity contribution in [2.45, 2.75) is 26.9 Å². The van der Waals surface area contributed by atoms with Crippen LogP contribution in [0.1, 0.15) is 25.0 Å². The molecule has 0 unspecified atom stereocenters. The van der Waals surface area contributed by atoms with Crippen molar-refractivity contribution in [3.8, 4) is 0 Å². The van der Waals surface area contributed by atoms with Gasteiger partial charge in [0.05, 0.1) is 0 Å². The molecule has 0 amide bonds. The van der Waals surface area contributed by atoms with Crippen LogP contribution in [0.3, 0.4) is 0 Å². The van der Waals surface area contributed by atoms with Gasteiger partial charge in [-0.05, 0) is 23.6 Å². The highest BCUT2D eigenvalue weighted by Gasteiger charge is 2.02. The Kier molecular flexibility index (Phi) is 4.86. The van der Waals surface area contributed by atoms with Gasteiger partial charge in [-0.2, -0.15) is 0 Å². The normalized spacial score (nSPS) is 11.3.